The van der Waals surface area contributed by atoms with Crippen molar-refractivity contribution in [2.45, 2.75) is 45.8 Å². The molecule has 164 valence electrons. The Morgan fingerprint density at radius 1 is 1.20 bits per heavy atom. The van der Waals surface area contributed by atoms with Crippen LogP contribution in [-0.2, 0) is 6.18 Å². The zero-order valence-electron chi connectivity index (χ0n) is 17.8. The highest BCUT2D eigenvalue weighted by Crippen LogP contribution is 2.32. The van der Waals surface area contributed by atoms with Crippen LogP contribution in [0.4, 0.5) is 30.6 Å². The van der Waals surface area contributed by atoms with Crippen LogP contribution >= 0.6 is 0 Å². The fraction of sp³-hybridized carbons (Fsp3) is 0.545. The van der Waals surface area contributed by atoms with Gasteiger partial charge in [-0.3, -0.25) is 0 Å². The molecule has 1 atom stereocenters. The second-order valence-corrected chi connectivity index (χ2v) is 8.15. The highest BCUT2D eigenvalue weighted by atomic mass is 19.4. The van der Waals surface area contributed by atoms with Gasteiger partial charge in [-0.25, -0.2) is 4.98 Å². The molecule has 1 aliphatic heterocycles. The van der Waals surface area contributed by atoms with Gasteiger partial charge in [0.1, 0.15) is 5.82 Å². The first-order valence-electron chi connectivity index (χ1n) is 10.5. The van der Waals surface area contributed by atoms with Crippen molar-refractivity contribution in [2.75, 3.05) is 41.3 Å². The van der Waals surface area contributed by atoms with E-state index < -0.39 is 11.7 Å². The van der Waals surface area contributed by atoms with Crippen molar-refractivity contribution in [1.29, 1.82) is 0 Å². The molecule has 2 aromatic rings. The largest absolute Gasteiger partial charge is 0.416 e. The molecular weight excluding hydrogens is 391 g/mol. The minimum atomic E-state index is -4.34. The number of rotatable bonds is 7. The van der Waals surface area contributed by atoms with E-state index in [2.05, 4.69) is 41.0 Å². The molecule has 3 rings (SSSR count). The second kappa shape index (κ2) is 9.53. The Morgan fingerprint density at radius 3 is 2.70 bits per heavy atom. The molecule has 1 saturated heterocycles. The summed E-state index contributed by atoms with van der Waals surface area (Å²) >= 11 is 0. The van der Waals surface area contributed by atoms with E-state index >= 15 is 0 Å². The summed E-state index contributed by atoms with van der Waals surface area (Å²) in [5, 5.41) is 3.33. The van der Waals surface area contributed by atoms with Crippen molar-refractivity contribution >= 4 is 17.5 Å². The van der Waals surface area contributed by atoms with Gasteiger partial charge in [-0.2, -0.15) is 18.2 Å². The fourth-order valence-electron chi connectivity index (χ4n) is 3.71. The summed E-state index contributed by atoms with van der Waals surface area (Å²) in [5.41, 5.74) is 0.000537. The fourth-order valence-corrected chi connectivity index (χ4v) is 3.71. The third-order valence-corrected chi connectivity index (χ3v) is 5.23. The summed E-state index contributed by atoms with van der Waals surface area (Å²) in [6, 6.07) is 7.59. The zero-order valence-corrected chi connectivity index (χ0v) is 17.8. The van der Waals surface area contributed by atoms with Crippen molar-refractivity contribution in [3.8, 4) is 0 Å². The van der Waals surface area contributed by atoms with Gasteiger partial charge >= 0.3 is 6.18 Å². The Balaban J connectivity index is 1.77. The number of aromatic nitrogens is 2. The molecule has 1 aromatic carbocycles. The maximum atomic E-state index is 13.1. The molecule has 8 heteroatoms. The van der Waals surface area contributed by atoms with E-state index in [0.29, 0.717) is 37.2 Å². The number of benzene rings is 1. The molecular formula is C22H30F3N5. The summed E-state index contributed by atoms with van der Waals surface area (Å²) < 4.78 is 39.4. The van der Waals surface area contributed by atoms with E-state index in [-0.39, 0.29) is 6.04 Å². The Bertz CT molecular complexity index is 824. The van der Waals surface area contributed by atoms with Crippen LogP contribution in [0.25, 0.3) is 0 Å². The summed E-state index contributed by atoms with van der Waals surface area (Å²) in [7, 11) is 0. The lowest BCUT2D eigenvalue weighted by Crippen LogP contribution is -2.54. The molecule has 1 aromatic heterocycles. The third kappa shape index (κ3) is 5.55. The van der Waals surface area contributed by atoms with Gasteiger partial charge < -0.3 is 15.1 Å². The molecule has 1 unspecified atom stereocenters. The van der Waals surface area contributed by atoms with Crippen LogP contribution in [0, 0.1) is 5.92 Å². The number of hydrogen-bond acceptors (Lipinski definition) is 5. The molecule has 0 radical (unpaired) electrons. The van der Waals surface area contributed by atoms with Gasteiger partial charge in [0.05, 0.1) is 5.56 Å². The Morgan fingerprint density at radius 2 is 2.00 bits per heavy atom. The van der Waals surface area contributed by atoms with Crippen LogP contribution in [0.3, 0.4) is 0 Å². The van der Waals surface area contributed by atoms with Crippen LogP contribution in [0.5, 0.6) is 0 Å². The van der Waals surface area contributed by atoms with Gasteiger partial charge in [0.15, 0.2) is 0 Å². The zero-order chi connectivity index (χ0) is 21.7. The minimum absolute atomic E-state index is 0.138. The van der Waals surface area contributed by atoms with Crippen molar-refractivity contribution < 1.29 is 13.2 Å². The normalized spacial score (nSPS) is 17.5. The highest BCUT2D eigenvalue weighted by molar-refractivity contribution is 5.52. The van der Waals surface area contributed by atoms with Gasteiger partial charge in [0.25, 0.3) is 0 Å². The molecule has 1 N–H and O–H groups in total. The monoisotopic (exact) mass is 421 g/mol. The van der Waals surface area contributed by atoms with E-state index in [1.54, 1.807) is 12.3 Å². The number of piperazine rings is 1. The number of halogens is 3. The maximum absolute atomic E-state index is 13.1. The van der Waals surface area contributed by atoms with Gasteiger partial charge in [-0.1, -0.05) is 33.3 Å². The predicted octanol–water partition coefficient (Wildman–Crippen LogP) is 5.06. The Labute approximate surface area is 176 Å². The van der Waals surface area contributed by atoms with E-state index in [0.717, 1.165) is 31.3 Å². The van der Waals surface area contributed by atoms with E-state index in [1.165, 1.54) is 12.1 Å². The van der Waals surface area contributed by atoms with Gasteiger partial charge in [0.2, 0.25) is 5.95 Å². The summed E-state index contributed by atoms with van der Waals surface area (Å²) in [6.45, 7) is 9.14. The first kappa shape index (κ1) is 22.2. The predicted molar refractivity (Wildman–Crippen MR) is 115 cm³/mol. The lowest BCUT2D eigenvalue weighted by atomic mass is 10.1. The number of nitrogens with zero attached hydrogens (tertiary/aromatic N) is 4. The maximum Gasteiger partial charge on any atom is 0.416 e. The molecule has 0 saturated carbocycles. The minimum Gasteiger partial charge on any atom is -0.370 e. The lowest BCUT2D eigenvalue weighted by Gasteiger charge is -2.42. The quantitative estimate of drug-likeness (QED) is 0.677. The SMILES string of the molecule is CCCC1CN(c2cccc(C(F)(F)F)c2)CCN1c1nccc(NCC(C)C)n1. The molecule has 1 aliphatic rings. The lowest BCUT2D eigenvalue weighted by molar-refractivity contribution is -0.137. The van der Waals surface area contributed by atoms with Crippen molar-refractivity contribution in [3.63, 3.8) is 0 Å². The smallest absolute Gasteiger partial charge is 0.370 e. The molecule has 5 nitrogen and oxygen atoms in total. The van der Waals surface area contributed by atoms with E-state index in [1.807, 2.05) is 11.0 Å². The van der Waals surface area contributed by atoms with Crippen LogP contribution in [0.2, 0.25) is 0 Å². The van der Waals surface area contributed by atoms with E-state index in [4.69, 9.17) is 0 Å². The van der Waals surface area contributed by atoms with Crippen molar-refractivity contribution in [1.82, 2.24) is 9.97 Å². The van der Waals surface area contributed by atoms with Crippen molar-refractivity contribution in [3.05, 3.63) is 42.1 Å². The van der Waals surface area contributed by atoms with Gasteiger partial charge in [-0.05, 0) is 36.6 Å². The van der Waals surface area contributed by atoms with Crippen LogP contribution in [0.15, 0.2) is 36.5 Å². The topological polar surface area (TPSA) is 44.3 Å². The molecule has 30 heavy (non-hydrogen) atoms. The van der Waals surface area contributed by atoms with Crippen LogP contribution in [0.1, 0.15) is 39.2 Å². The molecule has 0 bridgehead atoms. The summed E-state index contributed by atoms with van der Waals surface area (Å²) in [6.07, 6.45) is -0.684. The van der Waals surface area contributed by atoms with E-state index in [9.17, 15) is 13.2 Å². The average molecular weight is 422 g/mol. The highest BCUT2D eigenvalue weighted by Gasteiger charge is 2.32. The molecule has 1 fully saturated rings. The third-order valence-electron chi connectivity index (χ3n) is 5.23. The number of anilines is 3. The average Bonchev–Trinajstić information content (AvgIpc) is 2.72. The molecule has 0 aliphatic carbocycles. The van der Waals surface area contributed by atoms with Crippen LogP contribution < -0.4 is 15.1 Å². The number of alkyl halides is 3. The summed E-state index contributed by atoms with van der Waals surface area (Å²) in [4.78, 5) is 13.4. The molecule has 0 spiro atoms. The first-order valence-corrected chi connectivity index (χ1v) is 10.5. The van der Waals surface area contributed by atoms with Gasteiger partial charge in [0, 0.05) is 44.1 Å². The van der Waals surface area contributed by atoms with Crippen molar-refractivity contribution in [2.24, 2.45) is 5.92 Å². The van der Waals surface area contributed by atoms with Gasteiger partial charge in [-0.15, -0.1) is 0 Å². The molecule has 2 heterocycles. The first-order chi connectivity index (χ1) is 14.3. The van der Waals surface area contributed by atoms with Crippen LogP contribution in [-0.4, -0.2) is 42.2 Å². The number of nitrogens with one attached hydrogen (secondary N) is 1. The molecule has 0 amide bonds. The Hall–Kier alpha value is -2.51. The number of hydrogen-bond donors (Lipinski definition) is 1. The second-order valence-electron chi connectivity index (χ2n) is 8.15. The standard InChI is InChI=1S/C22H30F3N5/c1-4-6-19-15-29(18-8-5-7-17(13-18)22(23,24)25)11-12-30(19)21-26-10-9-20(28-21)27-14-16(2)3/h5,7-10,13,16,19H,4,6,11-12,14-15H2,1-3H3,(H,26,27,28). The Kier molecular flexibility index (Phi) is 7.05. The summed E-state index contributed by atoms with van der Waals surface area (Å²) in [5.74, 6) is 1.97.